The lowest BCUT2D eigenvalue weighted by Crippen LogP contribution is -2.56. The number of rotatable bonds is 11. The van der Waals surface area contributed by atoms with Gasteiger partial charge in [0.15, 0.2) is 0 Å². The Hall–Kier alpha value is -2.62. The molecule has 40 heavy (non-hydrogen) atoms. The second-order valence-corrected chi connectivity index (χ2v) is 13.5. The van der Waals surface area contributed by atoms with E-state index in [1.165, 1.54) is 4.90 Å². The Morgan fingerprint density at radius 3 is 2.55 bits per heavy atom. The maximum Gasteiger partial charge on any atom is 0.251 e. The van der Waals surface area contributed by atoms with Crippen LogP contribution in [0.15, 0.2) is 67.8 Å². The highest BCUT2D eigenvalue weighted by Crippen LogP contribution is 2.68. The van der Waals surface area contributed by atoms with Gasteiger partial charge in [0, 0.05) is 41.9 Å². The third kappa shape index (κ3) is 4.60. The maximum atomic E-state index is 14.6. The molecule has 1 N–H and O–H groups in total. The predicted molar refractivity (Wildman–Crippen MR) is 165 cm³/mol. The summed E-state index contributed by atoms with van der Waals surface area (Å²) in [5.74, 6) is -1.66. The van der Waals surface area contributed by atoms with Crippen molar-refractivity contribution in [2.75, 3.05) is 37.7 Å². The summed E-state index contributed by atoms with van der Waals surface area (Å²) < 4.78 is -0.773. The minimum atomic E-state index is -0.810. The monoisotopic (exact) mass is 625 g/mol. The van der Waals surface area contributed by atoms with E-state index in [4.69, 9.17) is 0 Å². The first-order valence-electron chi connectivity index (χ1n) is 13.9. The van der Waals surface area contributed by atoms with Crippen LogP contribution >= 0.6 is 27.7 Å². The fourth-order valence-corrected chi connectivity index (χ4v) is 10.5. The Kier molecular flexibility index (Phi) is 8.45. The molecule has 9 heteroatoms. The molecule has 0 saturated carbocycles. The van der Waals surface area contributed by atoms with Gasteiger partial charge in [-0.3, -0.25) is 14.4 Å². The van der Waals surface area contributed by atoms with E-state index in [1.807, 2.05) is 49.4 Å². The number of carbonyl (C=O) groups is 3. The summed E-state index contributed by atoms with van der Waals surface area (Å²) in [4.78, 5) is 47.7. The van der Waals surface area contributed by atoms with Crippen molar-refractivity contribution in [2.45, 2.75) is 40.6 Å². The molecule has 2 bridgehead atoms. The predicted octanol–water partition coefficient (Wildman–Crippen LogP) is 4.24. The summed E-state index contributed by atoms with van der Waals surface area (Å²) in [5, 5.41) is 11.9. The summed E-state index contributed by atoms with van der Waals surface area (Å²) in [7, 11) is 0. The van der Waals surface area contributed by atoms with Gasteiger partial charge < -0.3 is 19.8 Å². The highest BCUT2D eigenvalue weighted by atomic mass is 79.9. The van der Waals surface area contributed by atoms with Crippen molar-refractivity contribution in [3.63, 3.8) is 0 Å². The topological polar surface area (TPSA) is 81.2 Å². The lowest BCUT2D eigenvalue weighted by Gasteiger charge is -2.38. The van der Waals surface area contributed by atoms with E-state index in [0.29, 0.717) is 19.5 Å². The highest BCUT2D eigenvalue weighted by molar-refractivity contribution is 9.09. The highest BCUT2D eigenvalue weighted by Gasteiger charge is 2.76. The quantitative estimate of drug-likeness (QED) is 0.298. The molecule has 2 aromatic carbocycles. The molecule has 1 spiro atoms. The van der Waals surface area contributed by atoms with E-state index in [2.05, 4.69) is 29.1 Å². The van der Waals surface area contributed by atoms with Crippen LogP contribution in [0.5, 0.6) is 0 Å². The first-order chi connectivity index (χ1) is 19.3. The van der Waals surface area contributed by atoms with Crippen LogP contribution in [-0.4, -0.2) is 86.3 Å². The number of nitrogens with zero attached hydrogens (tertiary/aromatic N) is 3. The average Bonchev–Trinajstić information content (AvgIpc) is 3.54. The lowest BCUT2D eigenvalue weighted by atomic mass is 9.70. The first-order valence-corrected chi connectivity index (χ1v) is 15.7. The van der Waals surface area contributed by atoms with Crippen LogP contribution in [0.2, 0.25) is 0 Å². The van der Waals surface area contributed by atoms with Crippen molar-refractivity contribution in [1.29, 1.82) is 0 Å². The summed E-state index contributed by atoms with van der Waals surface area (Å²) >= 11 is 5.44. The van der Waals surface area contributed by atoms with Gasteiger partial charge in [-0.25, -0.2) is 0 Å². The van der Waals surface area contributed by atoms with Crippen LogP contribution in [0.3, 0.4) is 0 Å². The van der Waals surface area contributed by atoms with E-state index < -0.39 is 22.6 Å². The van der Waals surface area contributed by atoms with E-state index in [-0.39, 0.29) is 47.5 Å². The number of anilines is 1. The fourth-order valence-electron chi connectivity index (χ4n) is 6.91. The summed E-state index contributed by atoms with van der Waals surface area (Å²) in [6, 6.07) is 13.0. The molecule has 3 aliphatic heterocycles. The summed E-state index contributed by atoms with van der Waals surface area (Å²) in [6.07, 6.45) is 4.79. The molecule has 3 saturated heterocycles. The van der Waals surface area contributed by atoms with E-state index in [0.717, 1.165) is 22.9 Å². The Balaban J connectivity index is 1.57. The van der Waals surface area contributed by atoms with E-state index in [1.54, 1.807) is 33.7 Å². The number of thioether (sulfide) groups is 1. The van der Waals surface area contributed by atoms with Gasteiger partial charge in [-0.1, -0.05) is 65.3 Å². The average molecular weight is 627 g/mol. The second-order valence-electron chi connectivity index (χ2n) is 10.8. The molecule has 2 aromatic rings. The van der Waals surface area contributed by atoms with Crippen LogP contribution in [0.25, 0.3) is 10.8 Å². The zero-order valence-electron chi connectivity index (χ0n) is 22.7. The van der Waals surface area contributed by atoms with Gasteiger partial charge in [-0.05, 0) is 35.7 Å². The Morgan fingerprint density at radius 2 is 1.88 bits per heavy atom. The second kappa shape index (κ2) is 11.7. The number of hydrogen-bond acceptors (Lipinski definition) is 5. The molecule has 3 heterocycles. The minimum absolute atomic E-state index is 0.0133. The summed E-state index contributed by atoms with van der Waals surface area (Å²) in [6.45, 7) is 10.8. The molecule has 3 aliphatic rings. The van der Waals surface area contributed by atoms with Gasteiger partial charge in [-0.2, -0.15) is 0 Å². The third-order valence-electron chi connectivity index (χ3n) is 8.43. The van der Waals surface area contributed by atoms with Gasteiger partial charge in [0.1, 0.15) is 6.04 Å². The number of halogens is 1. The summed E-state index contributed by atoms with van der Waals surface area (Å²) in [5.41, 5.74) is 0.723. The number of likely N-dealkylation sites (tertiary alicyclic amines) is 1. The van der Waals surface area contributed by atoms with Crippen LogP contribution in [0, 0.1) is 11.8 Å². The molecular weight excluding hydrogens is 590 g/mol. The van der Waals surface area contributed by atoms with Crippen molar-refractivity contribution in [3.8, 4) is 0 Å². The van der Waals surface area contributed by atoms with Gasteiger partial charge in [0.2, 0.25) is 11.8 Å². The number of alkyl halides is 1. The molecule has 0 aromatic heterocycles. The largest absolute Gasteiger partial charge is 0.395 e. The number of aliphatic hydroxyl groups is 1. The Labute approximate surface area is 248 Å². The molecular formula is C31H36BrN3O4S. The molecule has 3 unspecified atom stereocenters. The van der Waals surface area contributed by atoms with Gasteiger partial charge in [-0.15, -0.1) is 24.9 Å². The van der Waals surface area contributed by atoms with Gasteiger partial charge >= 0.3 is 0 Å². The van der Waals surface area contributed by atoms with Gasteiger partial charge in [0.25, 0.3) is 5.91 Å². The molecule has 3 fully saturated rings. The first kappa shape index (κ1) is 28.9. The van der Waals surface area contributed by atoms with Crippen LogP contribution in [0.4, 0.5) is 5.69 Å². The number of amides is 3. The van der Waals surface area contributed by atoms with Crippen molar-refractivity contribution < 1.29 is 19.5 Å². The zero-order valence-corrected chi connectivity index (χ0v) is 25.1. The van der Waals surface area contributed by atoms with Crippen LogP contribution in [-0.2, 0) is 14.4 Å². The van der Waals surface area contributed by atoms with E-state index >= 15 is 0 Å². The standard InChI is InChI=1S/C31H36BrN3O4S/c1-4-13-33(14-5-2)28(37)24-25-29(38)35(16-17-36)27(31(25)19-23(32)26(24)40-31)30(39)34(15-6-3)22-12-11-20-9-7-8-10-21(20)18-22/h4,6-12,18,23-27,36H,1,3,5,13-17,19H2,2H3/t23?,24-,25-,26-,27?,31?/m0/s1. The van der Waals surface area contributed by atoms with Crippen LogP contribution in [0.1, 0.15) is 19.8 Å². The number of carbonyl (C=O) groups excluding carboxylic acids is 3. The third-order valence-corrected chi connectivity index (χ3v) is 11.6. The molecule has 0 aliphatic carbocycles. The van der Waals surface area contributed by atoms with Gasteiger partial charge in [0.05, 0.1) is 23.2 Å². The number of aliphatic hydroxyl groups excluding tert-OH is 1. The van der Waals surface area contributed by atoms with Crippen molar-refractivity contribution in [3.05, 3.63) is 67.8 Å². The molecule has 6 atom stereocenters. The zero-order chi connectivity index (χ0) is 28.6. The SMILES string of the molecule is C=CCN(CCC)C(=O)[C@H]1[C@H]2C(=O)N(CCO)C(C(=O)N(CC=C)c3ccc4ccccc4c3)C23CC(Br)[C@@H]1S3. The minimum Gasteiger partial charge on any atom is -0.395 e. The maximum absolute atomic E-state index is 14.6. The fraction of sp³-hybridized carbons (Fsp3) is 0.452. The molecule has 0 radical (unpaired) electrons. The molecule has 3 amide bonds. The van der Waals surface area contributed by atoms with Crippen LogP contribution < -0.4 is 4.90 Å². The number of benzene rings is 2. The molecule has 212 valence electrons. The van der Waals surface area contributed by atoms with E-state index in [9.17, 15) is 19.5 Å². The normalized spacial score (nSPS) is 28.5. The van der Waals surface area contributed by atoms with Crippen molar-refractivity contribution in [2.24, 2.45) is 11.8 Å². The van der Waals surface area contributed by atoms with Crippen molar-refractivity contribution >= 4 is 61.9 Å². The Morgan fingerprint density at radius 1 is 1.15 bits per heavy atom. The smallest absolute Gasteiger partial charge is 0.251 e. The molecule has 5 rings (SSSR count). The number of fused-ring (bicyclic) bond motifs is 2. The lowest BCUT2D eigenvalue weighted by molar-refractivity contribution is -0.144. The molecule has 7 nitrogen and oxygen atoms in total. The number of hydrogen-bond donors (Lipinski definition) is 1. The Bertz CT molecular complexity index is 1340. The number of β-amino-alcohol motifs (C(OH)–C–C–N with tert-alkyl or cyclic N) is 1. The van der Waals surface area contributed by atoms with Crippen molar-refractivity contribution in [1.82, 2.24) is 9.80 Å².